The molecule has 1 aromatic rings. The molecule has 1 heterocycles. The number of benzene rings is 1. The lowest BCUT2D eigenvalue weighted by Crippen LogP contribution is -2.46. The average Bonchev–Trinajstić information content (AvgIpc) is 2.69. The number of nitrogens with zero attached hydrogens (tertiary/aromatic N) is 2. The summed E-state index contributed by atoms with van der Waals surface area (Å²) in [6, 6.07) is 8.10. The topological polar surface area (TPSA) is 63.2 Å². The van der Waals surface area contributed by atoms with Crippen molar-refractivity contribution in [2.75, 3.05) is 33.4 Å². The highest BCUT2D eigenvalue weighted by Crippen LogP contribution is 2.19. The Balaban J connectivity index is 1.97. The maximum Gasteiger partial charge on any atom is 0.308 e. The lowest BCUT2D eigenvalue weighted by atomic mass is 9.97. The molecule has 1 aliphatic rings. The molecule has 0 amide bonds. The number of esters is 1. The highest BCUT2D eigenvalue weighted by molar-refractivity contribution is 5.80. The number of likely N-dealkylation sites (tertiary alicyclic amines) is 1. The molecule has 2 rings (SSSR count). The first-order chi connectivity index (χ1) is 12.7. The molecular formula is C20H31N3O3. The molecule has 1 aromatic carbocycles. The minimum Gasteiger partial charge on any atom is -0.494 e. The number of piperidine rings is 1. The van der Waals surface area contributed by atoms with E-state index in [0.717, 1.165) is 62.8 Å². The van der Waals surface area contributed by atoms with Crippen LogP contribution in [0.1, 0.15) is 38.7 Å². The van der Waals surface area contributed by atoms with E-state index < -0.39 is 0 Å². The molecule has 0 spiro atoms. The SMILES string of the molecule is CCCOc1cccc(CN=C(NCC)N2CCC(C(=O)OC)CC2)c1. The van der Waals surface area contributed by atoms with Gasteiger partial charge in [0.2, 0.25) is 0 Å². The van der Waals surface area contributed by atoms with Gasteiger partial charge in [0.1, 0.15) is 5.75 Å². The zero-order chi connectivity index (χ0) is 18.8. The molecule has 1 N–H and O–H groups in total. The Morgan fingerprint density at radius 1 is 1.31 bits per heavy atom. The number of guanidine groups is 1. The smallest absolute Gasteiger partial charge is 0.308 e. The van der Waals surface area contributed by atoms with Crippen molar-refractivity contribution in [3.05, 3.63) is 29.8 Å². The van der Waals surface area contributed by atoms with E-state index in [1.165, 1.54) is 7.11 Å². The van der Waals surface area contributed by atoms with E-state index in [0.29, 0.717) is 6.54 Å². The van der Waals surface area contributed by atoms with Gasteiger partial charge in [0, 0.05) is 19.6 Å². The van der Waals surface area contributed by atoms with Crippen molar-refractivity contribution in [3.8, 4) is 5.75 Å². The number of nitrogens with one attached hydrogen (secondary N) is 1. The molecular weight excluding hydrogens is 330 g/mol. The van der Waals surface area contributed by atoms with Crippen LogP contribution in [0.25, 0.3) is 0 Å². The van der Waals surface area contributed by atoms with E-state index in [1.54, 1.807) is 0 Å². The number of hydrogen-bond donors (Lipinski definition) is 1. The van der Waals surface area contributed by atoms with E-state index in [-0.39, 0.29) is 11.9 Å². The predicted molar refractivity (Wildman–Crippen MR) is 103 cm³/mol. The fourth-order valence-corrected chi connectivity index (χ4v) is 3.04. The Hall–Kier alpha value is -2.24. The first-order valence-corrected chi connectivity index (χ1v) is 9.50. The minimum absolute atomic E-state index is 0.00604. The second-order valence-corrected chi connectivity index (χ2v) is 6.45. The van der Waals surface area contributed by atoms with E-state index in [1.807, 2.05) is 18.2 Å². The first-order valence-electron chi connectivity index (χ1n) is 9.50. The maximum absolute atomic E-state index is 11.7. The van der Waals surface area contributed by atoms with Crippen molar-refractivity contribution in [1.29, 1.82) is 0 Å². The van der Waals surface area contributed by atoms with Gasteiger partial charge in [-0.25, -0.2) is 4.99 Å². The molecule has 1 aliphatic heterocycles. The number of aliphatic imine (C=N–C) groups is 1. The van der Waals surface area contributed by atoms with Crippen LogP contribution in [0, 0.1) is 5.92 Å². The number of rotatable bonds is 7. The van der Waals surface area contributed by atoms with Crippen LogP contribution < -0.4 is 10.1 Å². The highest BCUT2D eigenvalue weighted by atomic mass is 16.5. The molecule has 6 nitrogen and oxygen atoms in total. The molecule has 0 bridgehead atoms. The van der Waals surface area contributed by atoms with Gasteiger partial charge in [-0.1, -0.05) is 19.1 Å². The second kappa shape index (κ2) is 10.7. The number of hydrogen-bond acceptors (Lipinski definition) is 4. The predicted octanol–water partition coefficient (Wildman–Crippen LogP) is 2.83. The largest absolute Gasteiger partial charge is 0.494 e. The van der Waals surface area contributed by atoms with Gasteiger partial charge in [-0.3, -0.25) is 4.79 Å². The standard InChI is InChI=1S/C20H31N3O3/c1-4-13-26-18-8-6-7-16(14-18)15-22-20(21-5-2)23-11-9-17(10-12-23)19(24)25-3/h6-8,14,17H,4-5,9-13,15H2,1-3H3,(H,21,22). The summed E-state index contributed by atoms with van der Waals surface area (Å²) in [5.41, 5.74) is 1.12. The van der Waals surface area contributed by atoms with Gasteiger partial charge in [-0.05, 0) is 43.9 Å². The second-order valence-electron chi connectivity index (χ2n) is 6.45. The Bertz CT molecular complexity index is 596. The minimum atomic E-state index is -0.101. The van der Waals surface area contributed by atoms with Gasteiger partial charge in [-0.15, -0.1) is 0 Å². The van der Waals surface area contributed by atoms with Gasteiger partial charge >= 0.3 is 5.97 Å². The Kier molecular flexibility index (Phi) is 8.25. The first kappa shape index (κ1) is 20.1. The summed E-state index contributed by atoms with van der Waals surface area (Å²) in [5.74, 6) is 1.70. The lowest BCUT2D eigenvalue weighted by molar-refractivity contribution is -0.146. The van der Waals surface area contributed by atoms with E-state index >= 15 is 0 Å². The van der Waals surface area contributed by atoms with Crippen molar-refractivity contribution >= 4 is 11.9 Å². The lowest BCUT2D eigenvalue weighted by Gasteiger charge is -2.33. The summed E-state index contributed by atoms with van der Waals surface area (Å²) < 4.78 is 10.6. The summed E-state index contributed by atoms with van der Waals surface area (Å²) in [4.78, 5) is 18.7. The van der Waals surface area contributed by atoms with Crippen LogP contribution >= 0.6 is 0 Å². The van der Waals surface area contributed by atoms with Crippen LogP contribution in [0.3, 0.4) is 0 Å². The highest BCUT2D eigenvalue weighted by Gasteiger charge is 2.26. The van der Waals surface area contributed by atoms with Crippen molar-refractivity contribution in [2.24, 2.45) is 10.9 Å². The molecule has 144 valence electrons. The van der Waals surface area contributed by atoms with Crippen molar-refractivity contribution in [1.82, 2.24) is 10.2 Å². The third-order valence-electron chi connectivity index (χ3n) is 4.45. The monoisotopic (exact) mass is 361 g/mol. The molecule has 0 saturated carbocycles. The third kappa shape index (κ3) is 5.93. The van der Waals surface area contributed by atoms with Gasteiger partial charge in [0.15, 0.2) is 5.96 Å². The summed E-state index contributed by atoms with van der Waals surface area (Å²) in [5, 5.41) is 3.36. The third-order valence-corrected chi connectivity index (χ3v) is 4.45. The van der Waals surface area contributed by atoms with Gasteiger partial charge in [-0.2, -0.15) is 0 Å². The zero-order valence-corrected chi connectivity index (χ0v) is 16.2. The molecule has 0 aromatic heterocycles. The number of ether oxygens (including phenoxy) is 2. The average molecular weight is 361 g/mol. The molecule has 6 heteroatoms. The van der Waals surface area contributed by atoms with Crippen LogP contribution in [0.4, 0.5) is 0 Å². The fourth-order valence-electron chi connectivity index (χ4n) is 3.04. The molecule has 1 saturated heterocycles. The summed E-state index contributed by atoms with van der Waals surface area (Å²) in [6.07, 6.45) is 2.60. The van der Waals surface area contributed by atoms with Crippen LogP contribution in [-0.4, -0.2) is 50.2 Å². The van der Waals surface area contributed by atoms with Crippen LogP contribution in [0.15, 0.2) is 29.3 Å². The van der Waals surface area contributed by atoms with E-state index in [2.05, 4.69) is 30.1 Å². The normalized spacial score (nSPS) is 15.7. The quantitative estimate of drug-likeness (QED) is 0.460. The van der Waals surface area contributed by atoms with Crippen molar-refractivity contribution in [3.63, 3.8) is 0 Å². The number of carbonyl (C=O) groups is 1. The summed E-state index contributed by atoms with van der Waals surface area (Å²) in [6.45, 7) is 7.93. The zero-order valence-electron chi connectivity index (χ0n) is 16.2. The van der Waals surface area contributed by atoms with E-state index in [4.69, 9.17) is 14.5 Å². The molecule has 0 aliphatic carbocycles. The summed E-state index contributed by atoms with van der Waals surface area (Å²) >= 11 is 0. The number of carbonyl (C=O) groups excluding carboxylic acids is 1. The molecule has 1 fully saturated rings. The van der Waals surface area contributed by atoms with Crippen LogP contribution in [-0.2, 0) is 16.1 Å². The van der Waals surface area contributed by atoms with E-state index in [9.17, 15) is 4.79 Å². The Labute approximate surface area is 156 Å². The fraction of sp³-hybridized carbons (Fsp3) is 0.600. The molecule has 0 unspecified atom stereocenters. The Morgan fingerprint density at radius 2 is 2.08 bits per heavy atom. The van der Waals surface area contributed by atoms with Gasteiger partial charge in [0.05, 0.1) is 26.2 Å². The molecule has 26 heavy (non-hydrogen) atoms. The van der Waals surface area contributed by atoms with Crippen LogP contribution in [0.5, 0.6) is 5.75 Å². The van der Waals surface area contributed by atoms with Crippen molar-refractivity contribution < 1.29 is 14.3 Å². The van der Waals surface area contributed by atoms with Gasteiger partial charge in [0.25, 0.3) is 0 Å². The summed E-state index contributed by atoms with van der Waals surface area (Å²) in [7, 11) is 1.46. The number of methoxy groups -OCH3 is 1. The van der Waals surface area contributed by atoms with Crippen LogP contribution in [0.2, 0.25) is 0 Å². The van der Waals surface area contributed by atoms with Crippen molar-refractivity contribution in [2.45, 2.75) is 39.7 Å². The molecule has 0 atom stereocenters. The molecule has 0 radical (unpaired) electrons. The maximum atomic E-state index is 11.7. The Morgan fingerprint density at radius 3 is 2.73 bits per heavy atom. The van der Waals surface area contributed by atoms with Gasteiger partial charge < -0.3 is 19.7 Å².